The molecular weight excluding hydrogens is 278 g/mol. The van der Waals surface area contributed by atoms with Crippen LogP contribution in [0.25, 0.3) is 22.2 Å². The molecular formula is C17H17N3S. The SMILES string of the molecule is CNc1nc(-c2c3c(nc4ccc(C)cc24)CCC3)cs1. The molecule has 4 heteroatoms. The van der Waals surface area contributed by atoms with E-state index in [1.807, 2.05) is 7.05 Å². The van der Waals surface area contributed by atoms with Crippen LogP contribution in [0.1, 0.15) is 23.2 Å². The van der Waals surface area contributed by atoms with Crippen molar-refractivity contribution in [2.24, 2.45) is 0 Å². The summed E-state index contributed by atoms with van der Waals surface area (Å²) in [7, 11) is 1.92. The number of nitrogens with zero attached hydrogens (tertiary/aromatic N) is 2. The Balaban J connectivity index is 2.07. The first-order valence-electron chi connectivity index (χ1n) is 7.32. The maximum atomic E-state index is 4.87. The van der Waals surface area contributed by atoms with Gasteiger partial charge in [0, 0.05) is 29.1 Å². The molecule has 4 rings (SSSR count). The minimum absolute atomic E-state index is 0.967. The molecule has 21 heavy (non-hydrogen) atoms. The van der Waals surface area contributed by atoms with Crippen LogP contribution in [0.2, 0.25) is 0 Å². The molecule has 1 N–H and O–H groups in total. The average Bonchev–Trinajstić information content (AvgIpc) is 3.13. The summed E-state index contributed by atoms with van der Waals surface area (Å²) < 4.78 is 0. The molecule has 0 radical (unpaired) electrons. The zero-order chi connectivity index (χ0) is 14.4. The van der Waals surface area contributed by atoms with Gasteiger partial charge in [0.2, 0.25) is 0 Å². The Morgan fingerprint density at radius 1 is 1.19 bits per heavy atom. The molecule has 0 spiro atoms. The highest BCUT2D eigenvalue weighted by atomic mass is 32.1. The highest BCUT2D eigenvalue weighted by Gasteiger charge is 2.22. The van der Waals surface area contributed by atoms with E-state index >= 15 is 0 Å². The maximum Gasteiger partial charge on any atom is 0.182 e. The number of hydrogen-bond donors (Lipinski definition) is 1. The number of nitrogens with one attached hydrogen (secondary N) is 1. The minimum atomic E-state index is 0.967. The molecule has 0 fully saturated rings. The summed E-state index contributed by atoms with van der Waals surface area (Å²) in [5.41, 5.74) is 7.42. The standard InChI is InChI=1S/C17H17N3S/c1-10-6-7-14-12(8-10)16(11-4-3-5-13(11)19-14)15-9-21-17(18-2)20-15/h6-9H,3-5H2,1-2H3,(H,18,20). The van der Waals surface area contributed by atoms with Crippen molar-refractivity contribution in [2.45, 2.75) is 26.2 Å². The van der Waals surface area contributed by atoms with E-state index in [0.717, 1.165) is 29.2 Å². The van der Waals surface area contributed by atoms with Crippen LogP contribution in [-0.2, 0) is 12.8 Å². The second kappa shape index (κ2) is 4.81. The van der Waals surface area contributed by atoms with Crippen molar-refractivity contribution in [3.8, 4) is 11.3 Å². The summed E-state index contributed by atoms with van der Waals surface area (Å²) in [6, 6.07) is 6.52. The lowest BCUT2D eigenvalue weighted by Crippen LogP contribution is -1.96. The number of anilines is 1. The van der Waals surface area contributed by atoms with Gasteiger partial charge in [0.25, 0.3) is 0 Å². The van der Waals surface area contributed by atoms with Crippen LogP contribution in [0, 0.1) is 6.92 Å². The van der Waals surface area contributed by atoms with Crippen LogP contribution in [0.3, 0.4) is 0 Å². The van der Waals surface area contributed by atoms with Crippen LogP contribution in [0.4, 0.5) is 5.13 Å². The number of fused-ring (bicyclic) bond motifs is 2. The van der Waals surface area contributed by atoms with Crippen molar-refractivity contribution in [1.82, 2.24) is 9.97 Å². The first-order valence-corrected chi connectivity index (χ1v) is 8.20. The number of benzene rings is 1. The van der Waals surface area contributed by atoms with E-state index in [9.17, 15) is 0 Å². The summed E-state index contributed by atoms with van der Waals surface area (Å²) in [5.74, 6) is 0. The van der Waals surface area contributed by atoms with E-state index in [2.05, 4.69) is 35.8 Å². The van der Waals surface area contributed by atoms with Crippen LogP contribution in [0.15, 0.2) is 23.6 Å². The summed E-state index contributed by atoms with van der Waals surface area (Å²) in [6.07, 6.45) is 3.41. The summed E-state index contributed by atoms with van der Waals surface area (Å²) in [6.45, 7) is 2.14. The lowest BCUT2D eigenvalue weighted by atomic mass is 9.98. The predicted octanol–water partition coefficient (Wildman–Crippen LogP) is 4.20. The number of hydrogen-bond acceptors (Lipinski definition) is 4. The van der Waals surface area contributed by atoms with Gasteiger partial charge in [0.05, 0.1) is 11.2 Å². The van der Waals surface area contributed by atoms with Gasteiger partial charge in [0.1, 0.15) is 0 Å². The molecule has 0 amide bonds. The van der Waals surface area contributed by atoms with Crippen molar-refractivity contribution in [2.75, 3.05) is 12.4 Å². The first-order chi connectivity index (χ1) is 10.3. The van der Waals surface area contributed by atoms with Gasteiger partial charge < -0.3 is 5.32 Å². The molecule has 1 aliphatic rings. The normalized spacial score (nSPS) is 13.6. The van der Waals surface area contributed by atoms with Crippen molar-refractivity contribution in [3.05, 3.63) is 40.4 Å². The fourth-order valence-corrected chi connectivity index (χ4v) is 3.83. The topological polar surface area (TPSA) is 37.8 Å². The third kappa shape index (κ3) is 2.02. The van der Waals surface area contributed by atoms with Crippen molar-refractivity contribution < 1.29 is 0 Å². The monoisotopic (exact) mass is 295 g/mol. The third-order valence-corrected chi connectivity index (χ3v) is 5.00. The molecule has 0 unspecified atom stereocenters. The Morgan fingerprint density at radius 2 is 2.10 bits per heavy atom. The molecule has 1 aliphatic carbocycles. The second-order valence-corrected chi connectivity index (χ2v) is 6.43. The van der Waals surface area contributed by atoms with E-state index in [4.69, 9.17) is 9.97 Å². The van der Waals surface area contributed by atoms with Gasteiger partial charge >= 0.3 is 0 Å². The van der Waals surface area contributed by atoms with E-state index in [1.54, 1.807) is 11.3 Å². The molecule has 0 saturated heterocycles. The van der Waals surface area contributed by atoms with Gasteiger partial charge in [-0.15, -0.1) is 11.3 Å². The van der Waals surface area contributed by atoms with Crippen molar-refractivity contribution >= 4 is 27.4 Å². The summed E-state index contributed by atoms with van der Waals surface area (Å²) in [5, 5.41) is 7.50. The molecule has 2 aromatic heterocycles. The Morgan fingerprint density at radius 3 is 2.90 bits per heavy atom. The third-order valence-electron chi connectivity index (χ3n) is 4.14. The Bertz CT molecular complexity index is 835. The van der Waals surface area contributed by atoms with E-state index in [0.29, 0.717) is 0 Å². The van der Waals surface area contributed by atoms with Crippen LogP contribution in [-0.4, -0.2) is 17.0 Å². The van der Waals surface area contributed by atoms with Gasteiger partial charge in [-0.1, -0.05) is 11.6 Å². The lowest BCUT2D eigenvalue weighted by molar-refractivity contribution is 0.901. The molecule has 0 atom stereocenters. The van der Waals surface area contributed by atoms with Crippen LogP contribution in [0.5, 0.6) is 0 Å². The molecule has 0 aliphatic heterocycles. The van der Waals surface area contributed by atoms with Gasteiger partial charge in [-0.05, 0) is 43.9 Å². The second-order valence-electron chi connectivity index (χ2n) is 5.57. The maximum absolute atomic E-state index is 4.87. The van der Waals surface area contributed by atoms with Crippen molar-refractivity contribution in [1.29, 1.82) is 0 Å². The van der Waals surface area contributed by atoms with E-state index < -0.39 is 0 Å². The van der Waals surface area contributed by atoms with Crippen molar-refractivity contribution in [3.63, 3.8) is 0 Å². The summed E-state index contributed by atoms with van der Waals surface area (Å²) in [4.78, 5) is 9.61. The Labute approximate surface area is 128 Å². The van der Waals surface area contributed by atoms with Crippen LogP contribution >= 0.6 is 11.3 Å². The lowest BCUT2D eigenvalue weighted by Gasteiger charge is -2.11. The van der Waals surface area contributed by atoms with E-state index in [1.165, 1.54) is 34.2 Å². The number of rotatable bonds is 2. The number of pyridine rings is 1. The fourth-order valence-electron chi connectivity index (χ4n) is 3.17. The van der Waals surface area contributed by atoms with Crippen LogP contribution < -0.4 is 5.32 Å². The van der Waals surface area contributed by atoms with Gasteiger partial charge in [-0.2, -0.15) is 0 Å². The average molecular weight is 295 g/mol. The van der Waals surface area contributed by atoms with E-state index in [-0.39, 0.29) is 0 Å². The van der Waals surface area contributed by atoms with Gasteiger partial charge in [-0.3, -0.25) is 4.98 Å². The number of aryl methyl sites for hydroxylation is 2. The largest absolute Gasteiger partial charge is 0.365 e. The Hall–Kier alpha value is -1.94. The van der Waals surface area contributed by atoms with Gasteiger partial charge in [-0.25, -0.2) is 4.98 Å². The molecule has 0 bridgehead atoms. The number of thiazole rings is 1. The van der Waals surface area contributed by atoms with Gasteiger partial charge in [0.15, 0.2) is 5.13 Å². The highest BCUT2D eigenvalue weighted by molar-refractivity contribution is 7.14. The first kappa shape index (κ1) is 12.8. The number of aromatic nitrogens is 2. The Kier molecular flexibility index (Phi) is 2.93. The molecule has 2 heterocycles. The molecule has 3 aromatic rings. The smallest absolute Gasteiger partial charge is 0.182 e. The fraction of sp³-hybridized carbons (Fsp3) is 0.294. The summed E-state index contributed by atoms with van der Waals surface area (Å²) >= 11 is 1.66. The molecule has 3 nitrogen and oxygen atoms in total. The zero-order valence-electron chi connectivity index (χ0n) is 12.2. The molecule has 1 aromatic carbocycles. The molecule has 0 saturated carbocycles. The quantitative estimate of drug-likeness (QED) is 0.770. The minimum Gasteiger partial charge on any atom is -0.365 e. The highest BCUT2D eigenvalue weighted by Crippen LogP contribution is 2.38. The predicted molar refractivity (Wildman–Crippen MR) is 89.2 cm³/mol. The molecule has 106 valence electrons. The zero-order valence-corrected chi connectivity index (χ0v) is 13.0.